The maximum atomic E-state index is 11.8. The Balaban J connectivity index is 0.00000100. The Labute approximate surface area is 145 Å². The zero-order valence-corrected chi connectivity index (χ0v) is 15.4. The van der Waals surface area contributed by atoms with Crippen molar-refractivity contribution >= 4 is 22.9 Å². The van der Waals surface area contributed by atoms with Gasteiger partial charge in [0.1, 0.15) is 0 Å². The fourth-order valence-electron chi connectivity index (χ4n) is 3.80. The molecule has 2 aromatic rings. The van der Waals surface area contributed by atoms with E-state index in [9.17, 15) is 4.79 Å². The fraction of sp³-hybridized carbons (Fsp3) is 0.476. The SMILES string of the molecule is C=Cc1c(C2CCCCC2)c2ccc(C(=O)OC)cc2n1C.CC. The van der Waals surface area contributed by atoms with Crippen LogP contribution in [0.25, 0.3) is 17.0 Å². The lowest BCUT2D eigenvalue weighted by atomic mass is 9.82. The Morgan fingerprint density at radius 3 is 2.50 bits per heavy atom. The van der Waals surface area contributed by atoms with Crippen LogP contribution in [0.1, 0.15) is 73.5 Å². The summed E-state index contributed by atoms with van der Waals surface area (Å²) in [4.78, 5) is 11.8. The van der Waals surface area contributed by atoms with Gasteiger partial charge in [0, 0.05) is 23.6 Å². The Morgan fingerprint density at radius 2 is 1.92 bits per heavy atom. The lowest BCUT2D eigenvalue weighted by Gasteiger charge is -2.22. The number of methoxy groups -OCH3 is 1. The van der Waals surface area contributed by atoms with Gasteiger partial charge in [0.25, 0.3) is 0 Å². The topological polar surface area (TPSA) is 31.2 Å². The third-order valence-corrected chi connectivity index (χ3v) is 4.91. The maximum Gasteiger partial charge on any atom is 0.337 e. The first-order valence-corrected chi connectivity index (χ1v) is 9.00. The van der Waals surface area contributed by atoms with Crippen LogP contribution >= 0.6 is 0 Å². The van der Waals surface area contributed by atoms with E-state index in [1.165, 1.54) is 55.9 Å². The summed E-state index contributed by atoms with van der Waals surface area (Å²) >= 11 is 0. The van der Waals surface area contributed by atoms with Crippen molar-refractivity contribution in [3.8, 4) is 0 Å². The lowest BCUT2D eigenvalue weighted by molar-refractivity contribution is 0.0601. The average molecular weight is 327 g/mol. The zero-order valence-electron chi connectivity index (χ0n) is 15.4. The summed E-state index contributed by atoms with van der Waals surface area (Å²) in [7, 11) is 3.47. The first kappa shape index (κ1) is 18.3. The number of carbonyl (C=O) groups excluding carboxylic acids is 1. The second kappa shape index (κ2) is 8.18. The second-order valence-electron chi connectivity index (χ2n) is 6.12. The normalized spacial score (nSPS) is 14.8. The highest BCUT2D eigenvalue weighted by Crippen LogP contribution is 2.40. The van der Waals surface area contributed by atoms with Crippen LogP contribution in [0.4, 0.5) is 0 Å². The molecular weight excluding hydrogens is 298 g/mol. The molecule has 24 heavy (non-hydrogen) atoms. The van der Waals surface area contributed by atoms with Gasteiger partial charge in [-0.3, -0.25) is 0 Å². The molecule has 1 aliphatic carbocycles. The van der Waals surface area contributed by atoms with Gasteiger partial charge in [-0.2, -0.15) is 0 Å². The monoisotopic (exact) mass is 327 g/mol. The van der Waals surface area contributed by atoms with Crippen molar-refractivity contribution in [3.05, 3.63) is 41.6 Å². The van der Waals surface area contributed by atoms with Gasteiger partial charge in [-0.1, -0.05) is 45.8 Å². The number of aryl methyl sites for hydroxylation is 1. The molecule has 3 rings (SSSR count). The number of carbonyl (C=O) groups is 1. The van der Waals surface area contributed by atoms with E-state index in [2.05, 4.69) is 17.2 Å². The van der Waals surface area contributed by atoms with Crippen LogP contribution in [0.5, 0.6) is 0 Å². The average Bonchev–Trinajstić information content (AvgIpc) is 2.94. The molecule has 130 valence electrons. The molecule has 0 saturated heterocycles. The molecule has 0 atom stereocenters. The van der Waals surface area contributed by atoms with Crippen LogP contribution in [-0.4, -0.2) is 17.6 Å². The number of rotatable bonds is 3. The van der Waals surface area contributed by atoms with Crippen LogP contribution in [0.2, 0.25) is 0 Å². The van der Waals surface area contributed by atoms with E-state index >= 15 is 0 Å². The van der Waals surface area contributed by atoms with Crippen molar-refractivity contribution in [1.82, 2.24) is 4.57 Å². The van der Waals surface area contributed by atoms with Crippen molar-refractivity contribution in [1.29, 1.82) is 0 Å². The van der Waals surface area contributed by atoms with E-state index in [0.717, 1.165) is 5.52 Å². The van der Waals surface area contributed by atoms with Crippen molar-refractivity contribution in [2.24, 2.45) is 7.05 Å². The molecule has 3 heteroatoms. The molecule has 0 unspecified atom stereocenters. The standard InChI is InChI=1S/C19H23NO2.C2H6/c1-4-16-18(13-8-6-5-7-9-13)15-11-10-14(19(21)22-3)12-17(15)20(16)2;1-2/h4,10-13H,1,5-9H2,2-3H3;1-2H3. The third-order valence-electron chi connectivity index (χ3n) is 4.91. The van der Waals surface area contributed by atoms with Gasteiger partial charge in [0.05, 0.1) is 12.7 Å². The summed E-state index contributed by atoms with van der Waals surface area (Å²) in [5.41, 5.74) is 4.27. The Hall–Kier alpha value is -2.03. The first-order valence-electron chi connectivity index (χ1n) is 9.00. The number of ether oxygens (including phenoxy) is 1. The van der Waals surface area contributed by atoms with Crippen molar-refractivity contribution in [2.75, 3.05) is 7.11 Å². The molecule has 1 heterocycles. The number of hydrogen-bond acceptors (Lipinski definition) is 2. The van der Waals surface area contributed by atoms with Crippen LogP contribution in [0, 0.1) is 0 Å². The molecule has 0 bridgehead atoms. The van der Waals surface area contributed by atoms with Gasteiger partial charge >= 0.3 is 5.97 Å². The molecule has 1 aliphatic rings. The van der Waals surface area contributed by atoms with E-state index in [1.807, 2.05) is 39.1 Å². The summed E-state index contributed by atoms with van der Waals surface area (Å²) in [5, 5.41) is 1.25. The van der Waals surface area contributed by atoms with Gasteiger partial charge in [-0.25, -0.2) is 4.79 Å². The van der Waals surface area contributed by atoms with Crippen molar-refractivity contribution < 1.29 is 9.53 Å². The largest absolute Gasteiger partial charge is 0.465 e. The summed E-state index contributed by atoms with van der Waals surface area (Å²) in [6.45, 7) is 8.00. The van der Waals surface area contributed by atoms with Crippen molar-refractivity contribution in [2.45, 2.75) is 51.9 Å². The minimum absolute atomic E-state index is 0.289. The van der Waals surface area contributed by atoms with Gasteiger partial charge < -0.3 is 9.30 Å². The van der Waals surface area contributed by atoms with E-state index in [4.69, 9.17) is 4.74 Å². The minimum atomic E-state index is -0.289. The summed E-state index contributed by atoms with van der Waals surface area (Å²) in [5.74, 6) is 0.317. The van der Waals surface area contributed by atoms with E-state index < -0.39 is 0 Å². The van der Waals surface area contributed by atoms with Gasteiger partial charge in [-0.15, -0.1) is 0 Å². The summed E-state index contributed by atoms with van der Waals surface area (Å²) in [6.07, 6.45) is 8.39. The predicted molar refractivity (Wildman–Crippen MR) is 102 cm³/mol. The Kier molecular flexibility index (Phi) is 6.24. The number of aromatic nitrogens is 1. The zero-order chi connectivity index (χ0) is 17.7. The van der Waals surface area contributed by atoms with Gasteiger partial charge in [0.15, 0.2) is 0 Å². The van der Waals surface area contributed by atoms with Crippen LogP contribution < -0.4 is 0 Å². The quantitative estimate of drug-likeness (QED) is 0.679. The smallest absolute Gasteiger partial charge is 0.337 e. The summed E-state index contributed by atoms with van der Waals surface area (Å²) in [6, 6.07) is 5.87. The molecule has 3 nitrogen and oxygen atoms in total. The van der Waals surface area contributed by atoms with Crippen molar-refractivity contribution in [3.63, 3.8) is 0 Å². The molecule has 1 aromatic carbocycles. The highest BCUT2D eigenvalue weighted by molar-refractivity contribution is 5.97. The van der Waals surface area contributed by atoms with Crippen LogP contribution in [-0.2, 0) is 11.8 Å². The number of hydrogen-bond donors (Lipinski definition) is 0. The number of fused-ring (bicyclic) bond motifs is 1. The Bertz CT molecular complexity index is 721. The molecule has 1 aromatic heterocycles. The van der Waals surface area contributed by atoms with E-state index in [1.54, 1.807) is 0 Å². The number of esters is 1. The second-order valence-corrected chi connectivity index (χ2v) is 6.12. The Morgan fingerprint density at radius 1 is 1.25 bits per heavy atom. The molecule has 0 radical (unpaired) electrons. The third kappa shape index (κ3) is 3.26. The van der Waals surface area contributed by atoms with Crippen LogP contribution in [0.3, 0.4) is 0 Å². The highest BCUT2D eigenvalue weighted by atomic mass is 16.5. The molecular formula is C21H29NO2. The molecule has 1 fully saturated rings. The van der Waals surface area contributed by atoms with E-state index in [-0.39, 0.29) is 5.97 Å². The predicted octanol–water partition coefficient (Wildman–Crippen LogP) is 5.68. The molecule has 0 amide bonds. The first-order chi connectivity index (χ1) is 11.7. The molecule has 0 spiro atoms. The number of benzene rings is 1. The summed E-state index contributed by atoms with van der Waals surface area (Å²) < 4.78 is 6.99. The van der Waals surface area contributed by atoms with Crippen LogP contribution in [0.15, 0.2) is 24.8 Å². The molecule has 1 saturated carbocycles. The lowest BCUT2D eigenvalue weighted by Crippen LogP contribution is -2.06. The minimum Gasteiger partial charge on any atom is -0.465 e. The maximum absolute atomic E-state index is 11.8. The van der Waals surface area contributed by atoms with E-state index in [0.29, 0.717) is 11.5 Å². The van der Waals surface area contributed by atoms with Gasteiger partial charge in [-0.05, 0) is 42.5 Å². The molecule has 0 aliphatic heterocycles. The van der Waals surface area contributed by atoms with Gasteiger partial charge in [0.2, 0.25) is 0 Å². The fourth-order valence-corrected chi connectivity index (χ4v) is 3.80. The number of nitrogens with zero attached hydrogens (tertiary/aromatic N) is 1. The highest BCUT2D eigenvalue weighted by Gasteiger charge is 2.24. The molecule has 0 N–H and O–H groups in total.